The summed E-state index contributed by atoms with van der Waals surface area (Å²) in [5.74, 6) is -1.13. The molecule has 0 saturated carbocycles. The minimum Gasteiger partial charge on any atom is -0.505 e. The van der Waals surface area contributed by atoms with Crippen molar-refractivity contribution in [2.75, 3.05) is 6.54 Å². The Labute approximate surface area is 95.8 Å². The maximum Gasteiger partial charge on any atom is 0.166 e. The molecule has 0 aliphatic heterocycles. The Bertz CT molecular complexity index is 324. The second-order valence-electron chi connectivity index (χ2n) is 2.67. The van der Waals surface area contributed by atoms with Gasteiger partial charge in [0.05, 0.1) is 0 Å². The van der Waals surface area contributed by atoms with Crippen molar-refractivity contribution >= 4 is 28.3 Å². The average molecular weight is 286 g/mol. The topological polar surface area (TPSA) is 72.3 Å². The minimum atomic E-state index is -0.701. The van der Waals surface area contributed by atoms with Crippen LogP contribution >= 0.6 is 28.3 Å². The minimum absolute atomic E-state index is 0. The molecule has 80 valence electrons. The molecule has 0 radical (unpaired) electrons. The molecule has 0 spiro atoms. The van der Waals surface area contributed by atoms with Crippen LogP contribution in [0.2, 0.25) is 0 Å². The number of nitrogens with two attached hydrogens (primary N) is 2. The first-order valence-electron chi connectivity index (χ1n) is 3.69. The fourth-order valence-corrected chi connectivity index (χ4v) is 1.44. The van der Waals surface area contributed by atoms with E-state index < -0.39 is 17.6 Å². The van der Waals surface area contributed by atoms with Gasteiger partial charge in [0.2, 0.25) is 0 Å². The van der Waals surface area contributed by atoms with Crippen LogP contribution < -0.4 is 11.5 Å². The van der Waals surface area contributed by atoms with E-state index in [1.807, 2.05) is 0 Å². The largest absolute Gasteiger partial charge is 0.505 e. The Hall–Kier alpha value is -0.360. The molecular weight excluding hydrogens is 274 g/mol. The third-order valence-corrected chi connectivity index (χ3v) is 2.17. The molecule has 3 nitrogen and oxygen atoms in total. The summed E-state index contributed by atoms with van der Waals surface area (Å²) in [6, 6.07) is 2.17. The molecule has 0 amide bonds. The van der Waals surface area contributed by atoms with E-state index in [1.165, 1.54) is 6.07 Å². The number of hydrogen-bond acceptors (Lipinski definition) is 3. The SMILES string of the molecule is Cl.NC[C@@H](N)c1cc(Br)cc(F)c1O. The van der Waals surface area contributed by atoms with Gasteiger partial charge in [-0.2, -0.15) is 0 Å². The molecule has 1 aromatic rings. The van der Waals surface area contributed by atoms with Crippen LogP contribution in [0.4, 0.5) is 4.39 Å². The van der Waals surface area contributed by atoms with Gasteiger partial charge in [-0.05, 0) is 12.1 Å². The molecule has 0 aromatic heterocycles. The quantitative estimate of drug-likeness (QED) is 0.774. The summed E-state index contributed by atoms with van der Waals surface area (Å²) in [7, 11) is 0. The Kier molecular flexibility index (Phi) is 5.36. The van der Waals surface area contributed by atoms with E-state index in [0.29, 0.717) is 10.0 Å². The van der Waals surface area contributed by atoms with Gasteiger partial charge < -0.3 is 16.6 Å². The monoisotopic (exact) mass is 284 g/mol. The lowest BCUT2D eigenvalue weighted by Crippen LogP contribution is -2.21. The van der Waals surface area contributed by atoms with Crippen LogP contribution in [0, 0.1) is 5.82 Å². The maximum absolute atomic E-state index is 13.0. The highest BCUT2D eigenvalue weighted by molar-refractivity contribution is 9.10. The molecule has 0 unspecified atom stereocenters. The molecule has 6 heteroatoms. The van der Waals surface area contributed by atoms with Gasteiger partial charge in [-0.3, -0.25) is 0 Å². The highest BCUT2D eigenvalue weighted by Crippen LogP contribution is 2.29. The van der Waals surface area contributed by atoms with Crippen LogP contribution in [-0.4, -0.2) is 11.7 Å². The number of phenolic OH excluding ortho intramolecular Hbond substituents is 1. The number of phenols is 1. The summed E-state index contributed by atoms with van der Waals surface area (Å²) in [6.07, 6.45) is 0. The summed E-state index contributed by atoms with van der Waals surface area (Å²) in [5, 5.41) is 9.29. The molecule has 0 fully saturated rings. The first-order chi connectivity index (χ1) is 6.06. The van der Waals surface area contributed by atoms with Crippen LogP contribution in [0.1, 0.15) is 11.6 Å². The highest BCUT2D eigenvalue weighted by atomic mass is 79.9. The zero-order valence-corrected chi connectivity index (χ0v) is 9.61. The van der Waals surface area contributed by atoms with Gasteiger partial charge in [0.15, 0.2) is 11.6 Å². The van der Waals surface area contributed by atoms with Crippen molar-refractivity contribution in [3.63, 3.8) is 0 Å². The van der Waals surface area contributed by atoms with Gasteiger partial charge in [0.25, 0.3) is 0 Å². The lowest BCUT2D eigenvalue weighted by molar-refractivity contribution is 0.420. The fraction of sp³-hybridized carbons (Fsp3) is 0.250. The first kappa shape index (κ1) is 13.6. The zero-order valence-electron chi connectivity index (χ0n) is 7.21. The maximum atomic E-state index is 13.0. The number of benzene rings is 1. The molecule has 1 atom stereocenters. The number of halogens is 3. The molecule has 14 heavy (non-hydrogen) atoms. The highest BCUT2D eigenvalue weighted by Gasteiger charge is 2.13. The summed E-state index contributed by atoms with van der Waals surface area (Å²) < 4.78 is 13.5. The molecular formula is C8H11BrClFN2O. The Morgan fingerprint density at radius 2 is 2.07 bits per heavy atom. The third kappa shape index (κ3) is 2.81. The normalized spacial score (nSPS) is 12.0. The Morgan fingerprint density at radius 1 is 1.50 bits per heavy atom. The van der Waals surface area contributed by atoms with Crippen molar-refractivity contribution in [1.82, 2.24) is 0 Å². The molecule has 5 N–H and O–H groups in total. The van der Waals surface area contributed by atoms with Gasteiger partial charge in [-0.25, -0.2) is 4.39 Å². The lowest BCUT2D eigenvalue weighted by Gasteiger charge is -2.11. The van der Waals surface area contributed by atoms with E-state index in [2.05, 4.69) is 15.9 Å². The van der Waals surface area contributed by atoms with Gasteiger partial charge in [-0.15, -0.1) is 12.4 Å². The van der Waals surface area contributed by atoms with Crippen molar-refractivity contribution in [3.8, 4) is 5.75 Å². The molecule has 1 aromatic carbocycles. The van der Waals surface area contributed by atoms with E-state index in [4.69, 9.17) is 11.5 Å². The van der Waals surface area contributed by atoms with Crippen molar-refractivity contribution in [2.45, 2.75) is 6.04 Å². The van der Waals surface area contributed by atoms with E-state index in [9.17, 15) is 9.50 Å². The second kappa shape index (κ2) is 5.50. The lowest BCUT2D eigenvalue weighted by atomic mass is 10.1. The summed E-state index contributed by atoms with van der Waals surface area (Å²) in [5.41, 5.74) is 11.2. The number of hydrogen-bond donors (Lipinski definition) is 3. The summed E-state index contributed by atoms with van der Waals surface area (Å²) >= 11 is 3.10. The van der Waals surface area contributed by atoms with Crippen LogP contribution in [0.5, 0.6) is 5.75 Å². The van der Waals surface area contributed by atoms with E-state index >= 15 is 0 Å². The van der Waals surface area contributed by atoms with Crippen LogP contribution in [0.3, 0.4) is 0 Å². The summed E-state index contributed by atoms with van der Waals surface area (Å²) in [4.78, 5) is 0. The van der Waals surface area contributed by atoms with Crippen LogP contribution in [0.15, 0.2) is 16.6 Å². The van der Waals surface area contributed by atoms with E-state index in [-0.39, 0.29) is 19.0 Å². The van der Waals surface area contributed by atoms with Crippen molar-refractivity contribution in [3.05, 3.63) is 28.0 Å². The van der Waals surface area contributed by atoms with Gasteiger partial charge in [-0.1, -0.05) is 15.9 Å². The summed E-state index contributed by atoms with van der Waals surface area (Å²) in [6.45, 7) is 0.156. The first-order valence-corrected chi connectivity index (χ1v) is 4.49. The standard InChI is InChI=1S/C8H10BrFN2O.ClH/c9-4-1-5(7(12)3-11)8(13)6(10)2-4;/h1-2,7,13H,3,11-12H2;1H/t7-;/m1./s1. The molecule has 0 saturated heterocycles. The zero-order chi connectivity index (χ0) is 10.0. The fourth-order valence-electron chi connectivity index (χ4n) is 0.996. The van der Waals surface area contributed by atoms with Crippen LogP contribution in [-0.2, 0) is 0 Å². The Morgan fingerprint density at radius 3 is 2.57 bits per heavy atom. The van der Waals surface area contributed by atoms with Gasteiger partial charge >= 0.3 is 0 Å². The molecule has 0 aliphatic carbocycles. The van der Waals surface area contributed by atoms with E-state index in [0.717, 1.165) is 0 Å². The molecule has 0 bridgehead atoms. The average Bonchev–Trinajstić information content (AvgIpc) is 2.10. The molecule has 0 aliphatic rings. The number of aromatic hydroxyl groups is 1. The predicted octanol–water partition coefficient (Wildman–Crippen LogP) is 1.67. The van der Waals surface area contributed by atoms with Crippen LogP contribution in [0.25, 0.3) is 0 Å². The van der Waals surface area contributed by atoms with Gasteiger partial charge in [0.1, 0.15) is 0 Å². The van der Waals surface area contributed by atoms with Crippen molar-refractivity contribution < 1.29 is 9.50 Å². The van der Waals surface area contributed by atoms with Crippen molar-refractivity contribution in [1.29, 1.82) is 0 Å². The third-order valence-electron chi connectivity index (χ3n) is 1.71. The predicted molar refractivity (Wildman–Crippen MR) is 59.0 cm³/mol. The van der Waals surface area contributed by atoms with E-state index in [1.54, 1.807) is 6.07 Å². The van der Waals surface area contributed by atoms with Gasteiger partial charge in [0, 0.05) is 22.6 Å². The van der Waals surface area contributed by atoms with Crippen molar-refractivity contribution in [2.24, 2.45) is 11.5 Å². The smallest absolute Gasteiger partial charge is 0.166 e. The Balaban J connectivity index is 0.00000169. The second-order valence-corrected chi connectivity index (χ2v) is 3.58. The molecule has 1 rings (SSSR count). The number of rotatable bonds is 2. The molecule has 0 heterocycles.